The van der Waals surface area contributed by atoms with Gasteiger partial charge in [0.15, 0.2) is 0 Å². The Morgan fingerprint density at radius 2 is 1.66 bits per heavy atom. The van der Waals surface area contributed by atoms with Crippen LogP contribution >= 0.6 is 0 Å². The van der Waals surface area contributed by atoms with Crippen LogP contribution < -0.4 is 10.6 Å². The first-order chi connectivity index (χ1) is 14.1. The average molecular weight is 392 g/mol. The molecular formula is C24H29N3O2. The van der Waals surface area contributed by atoms with Gasteiger partial charge in [0.05, 0.1) is 12.1 Å². The Balaban J connectivity index is 1.28. The van der Waals surface area contributed by atoms with Crippen LogP contribution in [0, 0.1) is 5.92 Å². The fraction of sp³-hybridized carbons (Fsp3) is 0.417. The summed E-state index contributed by atoms with van der Waals surface area (Å²) in [5.74, 6) is 0.236. The molecule has 0 aromatic heterocycles. The first kappa shape index (κ1) is 19.6. The minimum Gasteiger partial charge on any atom is -0.349 e. The van der Waals surface area contributed by atoms with E-state index in [-0.39, 0.29) is 29.8 Å². The summed E-state index contributed by atoms with van der Waals surface area (Å²) < 4.78 is 0. The predicted octanol–water partition coefficient (Wildman–Crippen LogP) is 2.82. The van der Waals surface area contributed by atoms with Crippen molar-refractivity contribution in [2.24, 2.45) is 5.92 Å². The van der Waals surface area contributed by atoms with E-state index in [1.54, 1.807) is 0 Å². The molecule has 2 aromatic rings. The first-order valence-corrected chi connectivity index (χ1v) is 10.6. The fourth-order valence-electron chi connectivity index (χ4n) is 4.37. The minimum atomic E-state index is -0.159. The van der Waals surface area contributed by atoms with Crippen LogP contribution in [-0.4, -0.2) is 35.8 Å². The molecule has 5 heteroatoms. The molecule has 0 bridgehead atoms. The van der Waals surface area contributed by atoms with Crippen molar-refractivity contribution in [3.63, 3.8) is 0 Å². The molecule has 2 amide bonds. The lowest BCUT2D eigenvalue weighted by Gasteiger charge is -2.35. The Morgan fingerprint density at radius 3 is 2.38 bits per heavy atom. The van der Waals surface area contributed by atoms with E-state index in [1.165, 1.54) is 11.1 Å². The van der Waals surface area contributed by atoms with E-state index >= 15 is 0 Å². The number of nitrogens with zero attached hydrogens (tertiary/aromatic N) is 1. The lowest BCUT2D eigenvalue weighted by atomic mass is 9.92. The summed E-state index contributed by atoms with van der Waals surface area (Å²) in [6, 6.07) is 18.1. The number of fused-ring (bicyclic) bond motifs is 1. The number of rotatable bonds is 4. The van der Waals surface area contributed by atoms with Gasteiger partial charge in [-0.15, -0.1) is 0 Å². The molecule has 2 aliphatic heterocycles. The first-order valence-electron chi connectivity index (χ1n) is 10.6. The number of likely N-dealkylation sites (tertiary alicyclic amines) is 1. The second-order valence-corrected chi connectivity index (χ2v) is 8.15. The highest BCUT2D eigenvalue weighted by atomic mass is 16.2. The fourth-order valence-corrected chi connectivity index (χ4v) is 4.37. The van der Waals surface area contributed by atoms with Crippen molar-refractivity contribution in [1.29, 1.82) is 0 Å². The summed E-state index contributed by atoms with van der Waals surface area (Å²) in [6.07, 6.45) is 2.19. The number of benzene rings is 2. The normalized spacial score (nSPS) is 20.6. The van der Waals surface area contributed by atoms with E-state index in [0.29, 0.717) is 13.1 Å². The van der Waals surface area contributed by atoms with Crippen LogP contribution in [0.25, 0.3) is 0 Å². The third-order valence-electron chi connectivity index (χ3n) is 6.22. The van der Waals surface area contributed by atoms with Gasteiger partial charge in [-0.05, 0) is 42.9 Å². The molecule has 5 nitrogen and oxygen atoms in total. The highest BCUT2D eigenvalue weighted by Crippen LogP contribution is 2.22. The maximum absolute atomic E-state index is 13.0. The third kappa shape index (κ3) is 4.51. The van der Waals surface area contributed by atoms with Gasteiger partial charge in [-0.1, -0.05) is 54.6 Å². The van der Waals surface area contributed by atoms with Crippen molar-refractivity contribution in [2.75, 3.05) is 13.1 Å². The lowest BCUT2D eigenvalue weighted by molar-refractivity contribution is -0.137. The molecule has 1 unspecified atom stereocenters. The standard InChI is InChI=1S/C24H29N3O2/c1-17(18-7-3-2-4-8-18)26-23(28)19-11-13-27(14-12-19)24(29)22-15-20-9-5-6-10-21(20)16-25-22/h2-10,17,19,22,25H,11-16H2,1H3,(H,26,28)/t17?,22-/m0/s1. The van der Waals surface area contributed by atoms with E-state index in [4.69, 9.17) is 0 Å². The largest absolute Gasteiger partial charge is 0.349 e. The van der Waals surface area contributed by atoms with E-state index in [0.717, 1.165) is 31.4 Å². The van der Waals surface area contributed by atoms with Crippen LogP contribution in [0.15, 0.2) is 54.6 Å². The Labute approximate surface area is 172 Å². The van der Waals surface area contributed by atoms with Gasteiger partial charge >= 0.3 is 0 Å². The van der Waals surface area contributed by atoms with Crippen molar-refractivity contribution >= 4 is 11.8 Å². The topological polar surface area (TPSA) is 61.4 Å². The van der Waals surface area contributed by atoms with Gasteiger partial charge in [0.1, 0.15) is 0 Å². The predicted molar refractivity (Wildman–Crippen MR) is 113 cm³/mol. The summed E-state index contributed by atoms with van der Waals surface area (Å²) in [7, 11) is 0. The van der Waals surface area contributed by atoms with E-state index < -0.39 is 0 Å². The van der Waals surface area contributed by atoms with Gasteiger partial charge in [0, 0.05) is 25.6 Å². The SMILES string of the molecule is CC(NC(=O)C1CCN(C(=O)[C@@H]2Cc3ccccc3CN2)CC1)c1ccccc1. The molecule has 2 aliphatic rings. The maximum atomic E-state index is 13.0. The highest BCUT2D eigenvalue weighted by Gasteiger charge is 2.32. The number of carbonyl (C=O) groups is 2. The number of amides is 2. The van der Waals surface area contributed by atoms with Crippen LogP contribution in [-0.2, 0) is 22.6 Å². The number of piperidine rings is 1. The molecule has 1 saturated heterocycles. The molecule has 2 heterocycles. The molecular weight excluding hydrogens is 362 g/mol. The summed E-state index contributed by atoms with van der Waals surface area (Å²) in [4.78, 5) is 27.6. The molecule has 2 aromatic carbocycles. The molecule has 2 atom stereocenters. The second-order valence-electron chi connectivity index (χ2n) is 8.15. The molecule has 0 aliphatic carbocycles. The summed E-state index contributed by atoms with van der Waals surface area (Å²) in [5.41, 5.74) is 3.64. The Bertz CT molecular complexity index is 859. The van der Waals surface area contributed by atoms with Crippen LogP contribution in [0.2, 0.25) is 0 Å². The molecule has 4 rings (SSSR count). The molecule has 0 saturated carbocycles. The third-order valence-corrected chi connectivity index (χ3v) is 6.22. The molecule has 0 radical (unpaired) electrons. The summed E-state index contributed by atoms with van der Waals surface area (Å²) in [5, 5.41) is 6.51. The zero-order chi connectivity index (χ0) is 20.2. The summed E-state index contributed by atoms with van der Waals surface area (Å²) in [6.45, 7) is 4.05. The Hall–Kier alpha value is -2.66. The van der Waals surface area contributed by atoms with Crippen LogP contribution in [0.4, 0.5) is 0 Å². The monoisotopic (exact) mass is 391 g/mol. The Kier molecular flexibility index (Phi) is 5.95. The second kappa shape index (κ2) is 8.78. The van der Waals surface area contributed by atoms with Gasteiger partial charge in [0.2, 0.25) is 11.8 Å². The Morgan fingerprint density at radius 1 is 1.00 bits per heavy atom. The van der Waals surface area contributed by atoms with Crippen LogP contribution in [0.1, 0.15) is 42.5 Å². The van der Waals surface area contributed by atoms with Crippen LogP contribution in [0.5, 0.6) is 0 Å². The van der Waals surface area contributed by atoms with Gasteiger partial charge in [-0.3, -0.25) is 9.59 Å². The maximum Gasteiger partial charge on any atom is 0.240 e. The highest BCUT2D eigenvalue weighted by molar-refractivity contribution is 5.83. The minimum absolute atomic E-state index is 0.00475. The zero-order valence-corrected chi connectivity index (χ0v) is 16.9. The number of hydrogen-bond acceptors (Lipinski definition) is 3. The average Bonchev–Trinajstić information content (AvgIpc) is 2.79. The van der Waals surface area contributed by atoms with Crippen molar-refractivity contribution in [1.82, 2.24) is 15.5 Å². The molecule has 2 N–H and O–H groups in total. The van der Waals surface area contributed by atoms with Gasteiger partial charge in [0.25, 0.3) is 0 Å². The molecule has 152 valence electrons. The molecule has 29 heavy (non-hydrogen) atoms. The van der Waals surface area contributed by atoms with E-state index in [2.05, 4.69) is 22.8 Å². The molecule has 0 spiro atoms. The van der Waals surface area contributed by atoms with Gasteiger partial charge < -0.3 is 15.5 Å². The zero-order valence-electron chi connectivity index (χ0n) is 16.9. The van der Waals surface area contributed by atoms with Crippen molar-refractivity contribution in [2.45, 2.75) is 44.8 Å². The van der Waals surface area contributed by atoms with Crippen molar-refractivity contribution in [3.8, 4) is 0 Å². The van der Waals surface area contributed by atoms with Gasteiger partial charge in [-0.25, -0.2) is 0 Å². The quantitative estimate of drug-likeness (QED) is 0.843. The van der Waals surface area contributed by atoms with E-state index in [9.17, 15) is 9.59 Å². The number of carbonyl (C=O) groups excluding carboxylic acids is 2. The smallest absolute Gasteiger partial charge is 0.240 e. The van der Waals surface area contributed by atoms with E-state index in [1.807, 2.05) is 54.3 Å². The number of nitrogens with one attached hydrogen (secondary N) is 2. The van der Waals surface area contributed by atoms with Crippen molar-refractivity contribution in [3.05, 3.63) is 71.3 Å². The summed E-state index contributed by atoms with van der Waals surface area (Å²) >= 11 is 0. The lowest BCUT2D eigenvalue weighted by Crippen LogP contribution is -2.52. The number of hydrogen-bond donors (Lipinski definition) is 2. The van der Waals surface area contributed by atoms with Crippen LogP contribution in [0.3, 0.4) is 0 Å². The van der Waals surface area contributed by atoms with Crippen molar-refractivity contribution < 1.29 is 9.59 Å². The molecule has 1 fully saturated rings. The van der Waals surface area contributed by atoms with Gasteiger partial charge in [-0.2, -0.15) is 0 Å².